The van der Waals surface area contributed by atoms with Crippen molar-refractivity contribution in [3.8, 4) is 0 Å². The summed E-state index contributed by atoms with van der Waals surface area (Å²) in [6.45, 7) is 0.380. The van der Waals surface area contributed by atoms with Gasteiger partial charge in [-0.1, -0.05) is 0 Å². The lowest BCUT2D eigenvalue weighted by Gasteiger charge is -2.28. The van der Waals surface area contributed by atoms with Crippen LogP contribution in [-0.2, 0) is 28.8 Å². The Morgan fingerprint density at radius 1 is 0.946 bits per heavy atom. The first kappa shape index (κ1) is 31.1. The van der Waals surface area contributed by atoms with Gasteiger partial charge in [-0.25, -0.2) is 4.79 Å². The molecule has 1 rings (SSSR count). The number of aliphatic carboxylic acids is 2. The summed E-state index contributed by atoms with van der Waals surface area (Å²) in [4.78, 5) is 77.1. The third-order valence-corrected chi connectivity index (χ3v) is 5.70. The Hall–Kier alpha value is -3.95. The lowest BCUT2D eigenvalue weighted by molar-refractivity contribution is -0.144. The SMILES string of the molecule is NC(=O)CCC(N)C(=O)N1CCCC1C(=O)NC(CCCN=C(N)N)C(=O)NC(CCC(=O)O)C(=O)O. The zero-order chi connectivity index (χ0) is 28.1. The van der Waals surface area contributed by atoms with Crippen LogP contribution in [0.15, 0.2) is 4.99 Å². The van der Waals surface area contributed by atoms with E-state index < -0.39 is 66.2 Å². The van der Waals surface area contributed by atoms with E-state index in [1.165, 1.54) is 4.90 Å². The largest absolute Gasteiger partial charge is 0.481 e. The zero-order valence-corrected chi connectivity index (χ0v) is 20.4. The van der Waals surface area contributed by atoms with Gasteiger partial charge in [-0.05, 0) is 38.5 Å². The summed E-state index contributed by atoms with van der Waals surface area (Å²) in [5.41, 5.74) is 21.5. The minimum Gasteiger partial charge on any atom is -0.481 e. The highest BCUT2D eigenvalue weighted by molar-refractivity contribution is 5.94. The minimum absolute atomic E-state index is 0.0156. The van der Waals surface area contributed by atoms with Crippen LogP contribution < -0.4 is 33.6 Å². The van der Waals surface area contributed by atoms with Gasteiger partial charge in [0.15, 0.2) is 5.96 Å². The van der Waals surface area contributed by atoms with Crippen molar-refractivity contribution >= 4 is 41.5 Å². The fourth-order valence-corrected chi connectivity index (χ4v) is 3.78. The number of primary amides is 1. The molecule has 4 unspecified atom stereocenters. The van der Waals surface area contributed by atoms with E-state index in [9.17, 15) is 33.9 Å². The first-order valence-corrected chi connectivity index (χ1v) is 11.8. The molecule has 4 amide bonds. The molecule has 0 aromatic carbocycles. The Morgan fingerprint density at radius 3 is 2.19 bits per heavy atom. The average molecular weight is 529 g/mol. The van der Waals surface area contributed by atoms with Crippen LogP contribution in [0, 0.1) is 0 Å². The Balaban J connectivity index is 2.96. The number of carboxylic acid groups (broad SMARTS) is 2. The van der Waals surface area contributed by atoms with Crippen molar-refractivity contribution in [2.24, 2.45) is 27.9 Å². The van der Waals surface area contributed by atoms with Crippen molar-refractivity contribution in [3.05, 3.63) is 0 Å². The highest BCUT2D eigenvalue weighted by atomic mass is 16.4. The number of nitrogens with zero attached hydrogens (tertiary/aromatic N) is 2. The van der Waals surface area contributed by atoms with Crippen LogP contribution in [0.1, 0.15) is 51.4 Å². The molecule has 0 radical (unpaired) electrons. The second-order valence-corrected chi connectivity index (χ2v) is 8.64. The first-order valence-electron chi connectivity index (χ1n) is 11.8. The van der Waals surface area contributed by atoms with Crippen LogP contribution in [0.25, 0.3) is 0 Å². The number of carboxylic acids is 2. The molecular formula is C21H36N8O8. The van der Waals surface area contributed by atoms with E-state index in [2.05, 4.69) is 15.6 Å². The van der Waals surface area contributed by atoms with Crippen molar-refractivity contribution in [1.82, 2.24) is 15.5 Å². The summed E-state index contributed by atoms with van der Waals surface area (Å²) in [6.07, 6.45) is 0.146. The van der Waals surface area contributed by atoms with Gasteiger partial charge in [-0.3, -0.25) is 29.0 Å². The molecule has 0 spiro atoms. The van der Waals surface area contributed by atoms with E-state index in [4.69, 9.17) is 28.0 Å². The van der Waals surface area contributed by atoms with Crippen LogP contribution in [0.2, 0.25) is 0 Å². The Kier molecular flexibility index (Phi) is 12.8. The lowest BCUT2D eigenvalue weighted by atomic mass is 10.1. The summed E-state index contributed by atoms with van der Waals surface area (Å²) in [5.74, 6) is -5.47. The zero-order valence-electron chi connectivity index (χ0n) is 20.4. The number of hydrogen-bond donors (Lipinski definition) is 8. The van der Waals surface area contributed by atoms with Gasteiger partial charge in [0.05, 0.1) is 6.04 Å². The molecule has 208 valence electrons. The van der Waals surface area contributed by atoms with Crippen molar-refractivity contribution in [1.29, 1.82) is 0 Å². The van der Waals surface area contributed by atoms with Crippen molar-refractivity contribution < 1.29 is 39.0 Å². The van der Waals surface area contributed by atoms with Gasteiger partial charge < -0.3 is 48.7 Å². The summed E-state index contributed by atoms with van der Waals surface area (Å²) < 4.78 is 0. The van der Waals surface area contributed by atoms with E-state index in [0.717, 1.165) is 0 Å². The predicted octanol–water partition coefficient (Wildman–Crippen LogP) is -3.46. The molecule has 0 bridgehead atoms. The molecule has 0 saturated carbocycles. The maximum absolute atomic E-state index is 13.1. The summed E-state index contributed by atoms with van der Waals surface area (Å²) in [7, 11) is 0. The highest BCUT2D eigenvalue weighted by Gasteiger charge is 2.38. The van der Waals surface area contributed by atoms with E-state index in [1.54, 1.807) is 0 Å². The van der Waals surface area contributed by atoms with Crippen LogP contribution in [0.5, 0.6) is 0 Å². The van der Waals surface area contributed by atoms with Crippen LogP contribution >= 0.6 is 0 Å². The second kappa shape index (κ2) is 15.2. The number of hydrogen-bond acceptors (Lipinski definition) is 8. The maximum Gasteiger partial charge on any atom is 0.326 e. The normalized spacial score (nSPS) is 17.2. The third-order valence-electron chi connectivity index (χ3n) is 5.70. The molecule has 12 N–H and O–H groups in total. The number of rotatable bonds is 16. The fraction of sp³-hybridized carbons (Fsp3) is 0.667. The quantitative estimate of drug-likeness (QED) is 0.0553. The predicted molar refractivity (Wildman–Crippen MR) is 129 cm³/mol. The molecule has 1 aliphatic heterocycles. The summed E-state index contributed by atoms with van der Waals surface area (Å²) in [6, 6.07) is -4.67. The molecule has 16 heteroatoms. The lowest BCUT2D eigenvalue weighted by Crippen LogP contribution is -2.56. The number of carbonyl (C=O) groups excluding carboxylic acids is 4. The monoisotopic (exact) mass is 528 g/mol. The van der Waals surface area contributed by atoms with Crippen molar-refractivity contribution in [2.75, 3.05) is 13.1 Å². The Labute approximate surface area is 213 Å². The smallest absolute Gasteiger partial charge is 0.326 e. The van der Waals surface area contributed by atoms with Gasteiger partial charge in [-0.2, -0.15) is 0 Å². The molecule has 1 saturated heterocycles. The summed E-state index contributed by atoms with van der Waals surface area (Å²) in [5, 5.41) is 23.0. The molecule has 0 aromatic heterocycles. The topological polar surface area (TPSA) is 287 Å². The molecule has 37 heavy (non-hydrogen) atoms. The van der Waals surface area contributed by atoms with Gasteiger partial charge in [-0.15, -0.1) is 0 Å². The molecule has 4 atom stereocenters. The van der Waals surface area contributed by atoms with Crippen molar-refractivity contribution in [2.45, 2.75) is 75.5 Å². The third kappa shape index (κ3) is 11.1. The molecule has 0 aromatic rings. The van der Waals surface area contributed by atoms with E-state index in [-0.39, 0.29) is 51.2 Å². The van der Waals surface area contributed by atoms with Crippen LogP contribution in [0.4, 0.5) is 0 Å². The van der Waals surface area contributed by atoms with Gasteiger partial charge in [0.25, 0.3) is 0 Å². The molecule has 16 nitrogen and oxygen atoms in total. The van der Waals surface area contributed by atoms with Gasteiger partial charge in [0, 0.05) is 25.9 Å². The number of nitrogens with one attached hydrogen (secondary N) is 2. The fourth-order valence-electron chi connectivity index (χ4n) is 3.78. The number of nitrogens with two attached hydrogens (primary N) is 4. The number of aliphatic imine (C=N–C) groups is 1. The molecule has 1 heterocycles. The average Bonchev–Trinajstić information content (AvgIpc) is 3.30. The van der Waals surface area contributed by atoms with E-state index in [0.29, 0.717) is 12.8 Å². The van der Waals surface area contributed by atoms with Crippen LogP contribution in [0.3, 0.4) is 0 Å². The van der Waals surface area contributed by atoms with Crippen molar-refractivity contribution in [3.63, 3.8) is 0 Å². The van der Waals surface area contributed by atoms with Gasteiger partial charge in [0.1, 0.15) is 18.1 Å². The number of amides is 4. The minimum atomic E-state index is -1.49. The number of likely N-dealkylation sites (tertiary alicyclic amines) is 1. The molecule has 0 aliphatic carbocycles. The Morgan fingerprint density at radius 2 is 1.62 bits per heavy atom. The van der Waals surface area contributed by atoms with Gasteiger partial charge >= 0.3 is 11.9 Å². The second-order valence-electron chi connectivity index (χ2n) is 8.64. The van der Waals surface area contributed by atoms with Gasteiger partial charge in [0.2, 0.25) is 23.6 Å². The first-order chi connectivity index (χ1) is 17.3. The number of carbonyl (C=O) groups is 6. The standard InChI is InChI=1S/C21H36N8O8/c22-11(5-7-15(23)30)19(35)29-10-2-4-14(29)18(34)27-12(3-1-9-26-21(24)25)17(33)28-13(20(36)37)6-8-16(31)32/h11-14H,1-10,22H2,(H2,23,30)(H,27,34)(H,28,33)(H,31,32)(H,36,37)(H4,24,25,26). The maximum atomic E-state index is 13.1. The molecule has 1 fully saturated rings. The molecule has 1 aliphatic rings. The molecular weight excluding hydrogens is 492 g/mol. The van der Waals surface area contributed by atoms with E-state index >= 15 is 0 Å². The van der Waals surface area contributed by atoms with E-state index in [1.807, 2.05) is 0 Å². The summed E-state index contributed by atoms with van der Waals surface area (Å²) >= 11 is 0. The highest BCUT2D eigenvalue weighted by Crippen LogP contribution is 2.19. The van der Waals surface area contributed by atoms with Crippen LogP contribution in [-0.4, -0.2) is 93.9 Å². The number of guanidine groups is 1. The Bertz CT molecular complexity index is 892.